The van der Waals surface area contributed by atoms with Crippen molar-refractivity contribution >= 4 is 11.8 Å². The second-order valence-corrected chi connectivity index (χ2v) is 4.92. The van der Waals surface area contributed by atoms with Crippen molar-refractivity contribution in [1.82, 2.24) is 4.98 Å². The van der Waals surface area contributed by atoms with Gasteiger partial charge in [0.05, 0.1) is 13.2 Å². The predicted molar refractivity (Wildman–Crippen MR) is 72.0 cm³/mol. The SMILES string of the molecule is COc1cccc(Sc2ncccc2[C@@H](C)O)c1. The first-order valence-electron chi connectivity index (χ1n) is 5.65. The van der Waals surface area contributed by atoms with Gasteiger partial charge in [-0.2, -0.15) is 0 Å². The Morgan fingerprint density at radius 2 is 2.11 bits per heavy atom. The number of aliphatic hydroxyl groups excluding tert-OH is 1. The molecule has 1 heterocycles. The highest BCUT2D eigenvalue weighted by Crippen LogP contribution is 2.32. The Morgan fingerprint density at radius 1 is 1.28 bits per heavy atom. The number of aromatic nitrogens is 1. The minimum absolute atomic E-state index is 0.521. The van der Waals surface area contributed by atoms with E-state index in [1.165, 1.54) is 11.8 Å². The summed E-state index contributed by atoms with van der Waals surface area (Å²) in [6.07, 6.45) is 1.21. The van der Waals surface area contributed by atoms with E-state index in [1.54, 1.807) is 20.2 Å². The monoisotopic (exact) mass is 261 g/mol. The summed E-state index contributed by atoms with van der Waals surface area (Å²) in [6, 6.07) is 11.5. The van der Waals surface area contributed by atoms with E-state index in [1.807, 2.05) is 36.4 Å². The first-order valence-corrected chi connectivity index (χ1v) is 6.47. The highest BCUT2D eigenvalue weighted by molar-refractivity contribution is 7.99. The molecule has 0 aliphatic rings. The third-order valence-electron chi connectivity index (χ3n) is 2.51. The second-order valence-electron chi connectivity index (χ2n) is 3.85. The maximum Gasteiger partial charge on any atom is 0.119 e. The van der Waals surface area contributed by atoms with Gasteiger partial charge in [0, 0.05) is 16.7 Å². The lowest BCUT2D eigenvalue weighted by Gasteiger charge is -2.10. The summed E-state index contributed by atoms with van der Waals surface area (Å²) in [5, 5.41) is 10.5. The third kappa shape index (κ3) is 3.03. The van der Waals surface area contributed by atoms with Crippen molar-refractivity contribution in [2.24, 2.45) is 0 Å². The van der Waals surface area contributed by atoms with E-state index < -0.39 is 6.10 Å². The summed E-state index contributed by atoms with van der Waals surface area (Å²) >= 11 is 1.52. The van der Waals surface area contributed by atoms with E-state index in [0.717, 1.165) is 21.2 Å². The van der Waals surface area contributed by atoms with Gasteiger partial charge in [-0.05, 0) is 31.2 Å². The summed E-state index contributed by atoms with van der Waals surface area (Å²) < 4.78 is 5.19. The molecule has 0 aliphatic heterocycles. The molecule has 1 aromatic carbocycles. The van der Waals surface area contributed by atoms with E-state index in [0.29, 0.717) is 0 Å². The highest BCUT2D eigenvalue weighted by Gasteiger charge is 2.10. The summed E-state index contributed by atoms with van der Waals surface area (Å²) in [4.78, 5) is 5.35. The summed E-state index contributed by atoms with van der Waals surface area (Å²) in [5.41, 5.74) is 0.838. The number of hydrogen-bond donors (Lipinski definition) is 1. The minimum atomic E-state index is -0.521. The van der Waals surface area contributed by atoms with Crippen LogP contribution >= 0.6 is 11.8 Å². The van der Waals surface area contributed by atoms with Crippen LogP contribution < -0.4 is 4.74 Å². The molecule has 94 valence electrons. The highest BCUT2D eigenvalue weighted by atomic mass is 32.2. The molecule has 0 saturated carbocycles. The summed E-state index contributed by atoms with van der Waals surface area (Å²) in [5.74, 6) is 0.814. The number of pyridine rings is 1. The Kier molecular flexibility index (Phi) is 4.23. The second kappa shape index (κ2) is 5.89. The third-order valence-corrected chi connectivity index (χ3v) is 3.53. The Labute approximate surface area is 111 Å². The smallest absolute Gasteiger partial charge is 0.119 e. The van der Waals surface area contributed by atoms with E-state index >= 15 is 0 Å². The van der Waals surface area contributed by atoms with Crippen molar-refractivity contribution in [1.29, 1.82) is 0 Å². The van der Waals surface area contributed by atoms with Crippen LogP contribution in [-0.2, 0) is 0 Å². The van der Waals surface area contributed by atoms with Crippen LogP contribution in [-0.4, -0.2) is 17.2 Å². The van der Waals surface area contributed by atoms with Gasteiger partial charge in [0.25, 0.3) is 0 Å². The molecule has 0 unspecified atom stereocenters. The Balaban J connectivity index is 2.28. The van der Waals surface area contributed by atoms with Crippen LogP contribution in [0.5, 0.6) is 5.75 Å². The zero-order valence-electron chi connectivity index (χ0n) is 10.3. The molecule has 18 heavy (non-hydrogen) atoms. The molecule has 0 saturated heterocycles. The van der Waals surface area contributed by atoms with Crippen molar-refractivity contribution in [3.05, 3.63) is 48.2 Å². The summed E-state index contributed by atoms with van der Waals surface area (Å²) in [7, 11) is 1.64. The first-order chi connectivity index (χ1) is 8.70. The van der Waals surface area contributed by atoms with Crippen LogP contribution in [0.3, 0.4) is 0 Å². The van der Waals surface area contributed by atoms with Crippen LogP contribution in [0.25, 0.3) is 0 Å². The van der Waals surface area contributed by atoms with Gasteiger partial charge < -0.3 is 9.84 Å². The molecule has 1 N–H and O–H groups in total. The predicted octanol–water partition coefficient (Wildman–Crippen LogP) is 3.29. The molecule has 1 atom stereocenters. The van der Waals surface area contributed by atoms with Crippen LogP contribution in [0.15, 0.2) is 52.5 Å². The van der Waals surface area contributed by atoms with Gasteiger partial charge in [-0.25, -0.2) is 4.98 Å². The molecule has 2 rings (SSSR count). The lowest BCUT2D eigenvalue weighted by Crippen LogP contribution is -1.95. The number of aliphatic hydroxyl groups is 1. The van der Waals surface area contributed by atoms with Gasteiger partial charge in [0.1, 0.15) is 10.8 Å². The van der Waals surface area contributed by atoms with E-state index in [4.69, 9.17) is 4.74 Å². The number of benzene rings is 1. The average molecular weight is 261 g/mol. The standard InChI is InChI=1S/C14H15NO2S/c1-10(16)13-7-4-8-15-14(13)18-12-6-3-5-11(9-12)17-2/h3-10,16H,1-2H3/t10-/m1/s1. The maximum absolute atomic E-state index is 9.71. The zero-order chi connectivity index (χ0) is 13.0. The Bertz CT molecular complexity index is 529. The summed E-state index contributed by atoms with van der Waals surface area (Å²) in [6.45, 7) is 1.74. The molecule has 3 nitrogen and oxygen atoms in total. The molecular formula is C14H15NO2S. The minimum Gasteiger partial charge on any atom is -0.497 e. The van der Waals surface area contributed by atoms with Crippen LogP contribution in [0.1, 0.15) is 18.6 Å². The van der Waals surface area contributed by atoms with Crippen LogP contribution in [0, 0.1) is 0 Å². The maximum atomic E-state index is 9.71. The van der Waals surface area contributed by atoms with Gasteiger partial charge in [-0.15, -0.1) is 0 Å². The van der Waals surface area contributed by atoms with Crippen molar-refractivity contribution < 1.29 is 9.84 Å². The zero-order valence-corrected chi connectivity index (χ0v) is 11.1. The Hall–Kier alpha value is -1.52. The fourth-order valence-electron chi connectivity index (χ4n) is 1.58. The van der Waals surface area contributed by atoms with E-state index in [9.17, 15) is 5.11 Å². The average Bonchev–Trinajstić information content (AvgIpc) is 2.39. The fraction of sp³-hybridized carbons (Fsp3) is 0.214. The molecule has 0 spiro atoms. The van der Waals surface area contributed by atoms with Crippen molar-refractivity contribution in [2.75, 3.05) is 7.11 Å². The molecule has 0 aliphatic carbocycles. The molecule has 1 aromatic heterocycles. The van der Waals surface area contributed by atoms with Crippen LogP contribution in [0.2, 0.25) is 0 Å². The van der Waals surface area contributed by atoms with Gasteiger partial charge in [-0.3, -0.25) is 0 Å². The largest absolute Gasteiger partial charge is 0.497 e. The van der Waals surface area contributed by atoms with E-state index in [-0.39, 0.29) is 0 Å². The number of hydrogen-bond acceptors (Lipinski definition) is 4. The molecular weight excluding hydrogens is 246 g/mol. The van der Waals surface area contributed by atoms with Gasteiger partial charge in [0.2, 0.25) is 0 Å². The molecule has 0 radical (unpaired) electrons. The topological polar surface area (TPSA) is 42.4 Å². The lowest BCUT2D eigenvalue weighted by atomic mass is 10.2. The van der Waals surface area contributed by atoms with Crippen molar-refractivity contribution in [3.63, 3.8) is 0 Å². The fourth-order valence-corrected chi connectivity index (χ4v) is 2.60. The van der Waals surface area contributed by atoms with Gasteiger partial charge >= 0.3 is 0 Å². The number of ether oxygens (including phenoxy) is 1. The molecule has 4 heteroatoms. The molecule has 0 bridgehead atoms. The molecule has 2 aromatic rings. The quantitative estimate of drug-likeness (QED) is 0.917. The normalized spacial score (nSPS) is 12.2. The van der Waals surface area contributed by atoms with E-state index in [2.05, 4.69) is 4.98 Å². The van der Waals surface area contributed by atoms with Crippen molar-refractivity contribution in [2.45, 2.75) is 22.9 Å². The Morgan fingerprint density at radius 3 is 2.83 bits per heavy atom. The van der Waals surface area contributed by atoms with Gasteiger partial charge in [-0.1, -0.05) is 23.9 Å². The number of nitrogens with zero attached hydrogens (tertiary/aromatic N) is 1. The van der Waals surface area contributed by atoms with Gasteiger partial charge in [0.15, 0.2) is 0 Å². The molecule has 0 fully saturated rings. The number of methoxy groups -OCH3 is 1. The van der Waals surface area contributed by atoms with Crippen molar-refractivity contribution in [3.8, 4) is 5.75 Å². The molecule has 0 amide bonds. The first kappa shape index (κ1) is 12.9. The van der Waals surface area contributed by atoms with Crippen LogP contribution in [0.4, 0.5) is 0 Å². The lowest BCUT2D eigenvalue weighted by molar-refractivity contribution is 0.195. The number of rotatable bonds is 4.